The number of hydrogen-bond donors (Lipinski definition) is 2. The molecule has 4 nitrogen and oxygen atoms in total. The van der Waals surface area contributed by atoms with E-state index < -0.39 is 6.10 Å². The molecule has 0 radical (unpaired) electrons. The summed E-state index contributed by atoms with van der Waals surface area (Å²) in [7, 11) is 0. The Hall–Kier alpha value is -0.970. The van der Waals surface area contributed by atoms with Gasteiger partial charge in [0.2, 0.25) is 0 Å². The third-order valence-electron chi connectivity index (χ3n) is 3.37. The van der Waals surface area contributed by atoms with Crippen molar-refractivity contribution in [2.45, 2.75) is 19.4 Å². The Bertz CT molecular complexity index is 345. The molecule has 0 aliphatic carbocycles. The van der Waals surface area contributed by atoms with Crippen LogP contribution in [0.3, 0.4) is 0 Å². The molecule has 2 heterocycles. The molecule has 0 bridgehead atoms. The lowest BCUT2D eigenvalue weighted by Gasteiger charge is -2.31. The summed E-state index contributed by atoms with van der Waals surface area (Å²) in [4.78, 5) is 4.20. The monoisotopic (exact) mass is 222 g/mol. The fourth-order valence-electron chi connectivity index (χ4n) is 2.11. The van der Waals surface area contributed by atoms with Crippen LogP contribution in [0, 0.1) is 12.3 Å². The zero-order valence-corrected chi connectivity index (χ0v) is 9.52. The minimum atomic E-state index is -0.590. The second-order valence-corrected chi connectivity index (χ2v) is 4.50. The molecule has 1 aromatic heterocycles. The summed E-state index contributed by atoms with van der Waals surface area (Å²) in [6, 6.07) is 3.81. The summed E-state index contributed by atoms with van der Waals surface area (Å²) in [5.41, 5.74) is 7.21. The molecule has 0 saturated carbocycles. The van der Waals surface area contributed by atoms with Gasteiger partial charge in [-0.2, -0.15) is 0 Å². The molecule has 1 aliphatic heterocycles. The highest BCUT2D eigenvalue weighted by Crippen LogP contribution is 2.39. The molecule has 1 aliphatic rings. The van der Waals surface area contributed by atoms with Crippen LogP contribution in [0.1, 0.15) is 23.8 Å². The first-order chi connectivity index (χ1) is 7.68. The van der Waals surface area contributed by atoms with Gasteiger partial charge < -0.3 is 15.6 Å². The lowest BCUT2D eigenvalue weighted by Crippen LogP contribution is -2.37. The van der Waals surface area contributed by atoms with Crippen molar-refractivity contribution in [3.05, 3.63) is 29.6 Å². The van der Waals surface area contributed by atoms with Gasteiger partial charge in [0.25, 0.3) is 0 Å². The summed E-state index contributed by atoms with van der Waals surface area (Å²) < 4.78 is 5.36. The molecule has 0 amide bonds. The van der Waals surface area contributed by atoms with Crippen LogP contribution >= 0.6 is 0 Å². The van der Waals surface area contributed by atoms with E-state index in [0.717, 1.165) is 17.7 Å². The average Bonchev–Trinajstić information content (AvgIpc) is 2.79. The highest BCUT2D eigenvalue weighted by atomic mass is 16.5. The molecule has 1 aromatic rings. The quantitative estimate of drug-likeness (QED) is 0.793. The lowest BCUT2D eigenvalue weighted by atomic mass is 9.78. The van der Waals surface area contributed by atoms with E-state index in [1.165, 1.54) is 0 Å². The Morgan fingerprint density at radius 1 is 1.62 bits per heavy atom. The zero-order valence-electron chi connectivity index (χ0n) is 9.52. The Kier molecular flexibility index (Phi) is 3.23. The molecule has 88 valence electrons. The zero-order chi connectivity index (χ0) is 11.6. The smallest absolute Gasteiger partial charge is 0.0896 e. The topological polar surface area (TPSA) is 68.4 Å². The molecule has 1 saturated heterocycles. The molecule has 0 spiro atoms. The molecule has 0 aromatic carbocycles. The number of pyridine rings is 1. The normalized spacial score (nSPS) is 26.9. The maximum absolute atomic E-state index is 10.4. The van der Waals surface area contributed by atoms with Crippen LogP contribution in [0.2, 0.25) is 0 Å². The van der Waals surface area contributed by atoms with Crippen molar-refractivity contribution in [2.24, 2.45) is 11.1 Å². The van der Waals surface area contributed by atoms with Crippen molar-refractivity contribution in [3.8, 4) is 0 Å². The Labute approximate surface area is 95.4 Å². The number of hydrogen-bond acceptors (Lipinski definition) is 4. The highest BCUT2D eigenvalue weighted by Gasteiger charge is 2.41. The largest absolute Gasteiger partial charge is 0.388 e. The van der Waals surface area contributed by atoms with Crippen LogP contribution in [0.25, 0.3) is 0 Å². The van der Waals surface area contributed by atoms with Crippen molar-refractivity contribution in [1.82, 2.24) is 4.98 Å². The van der Waals surface area contributed by atoms with E-state index in [0.29, 0.717) is 19.8 Å². The predicted octanol–water partition coefficient (Wildman–Crippen LogP) is 0.789. The van der Waals surface area contributed by atoms with Crippen LogP contribution in [0.15, 0.2) is 18.3 Å². The summed E-state index contributed by atoms with van der Waals surface area (Å²) in [5.74, 6) is 0. The Morgan fingerprint density at radius 3 is 2.94 bits per heavy atom. The second-order valence-electron chi connectivity index (χ2n) is 4.50. The fraction of sp³-hybridized carbons (Fsp3) is 0.583. The average molecular weight is 222 g/mol. The van der Waals surface area contributed by atoms with Gasteiger partial charge in [0.15, 0.2) is 0 Å². The van der Waals surface area contributed by atoms with E-state index in [4.69, 9.17) is 10.5 Å². The van der Waals surface area contributed by atoms with Crippen LogP contribution in [0.4, 0.5) is 0 Å². The van der Waals surface area contributed by atoms with E-state index >= 15 is 0 Å². The fourth-order valence-corrected chi connectivity index (χ4v) is 2.11. The van der Waals surface area contributed by atoms with Crippen molar-refractivity contribution >= 4 is 0 Å². The lowest BCUT2D eigenvalue weighted by molar-refractivity contribution is 0.0188. The summed E-state index contributed by atoms with van der Waals surface area (Å²) in [6.07, 6.45) is 1.93. The van der Waals surface area contributed by atoms with Crippen molar-refractivity contribution in [3.63, 3.8) is 0 Å². The van der Waals surface area contributed by atoms with Crippen LogP contribution in [0.5, 0.6) is 0 Å². The van der Waals surface area contributed by atoms with E-state index in [2.05, 4.69) is 4.98 Å². The molecule has 16 heavy (non-hydrogen) atoms. The highest BCUT2D eigenvalue weighted by molar-refractivity contribution is 5.19. The van der Waals surface area contributed by atoms with Crippen LogP contribution < -0.4 is 5.73 Å². The third kappa shape index (κ3) is 1.96. The number of nitrogens with zero attached hydrogens (tertiary/aromatic N) is 1. The summed E-state index contributed by atoms with van der Waals surface area (Å²) >= 11 is 0. The van der Waals surface area contributed by atoms with Gasteiger partial charge in [0.05, 0.1) is 12.7 Å². The maximum atomic E-state index is 10.4. The van der Waals surface area contributed by atoms with Gasteiger partial charge in [-0.15, -0.1) is 0 Å². The van der Waals surface area contributed by atoms with Crippen molar-refractivity contribution in [2.75, 3.05) is 19.8 Å². The first-order valence-electron chi connectivity index (χ1n) is 5.56. The van der Waals surface area contributed by atoms with Gasteiger partial charge in [-0.3, -0.25) is 4.98 Å². The summed E-state index contributed by atoms with van der Waals surface area (Å²) in [6.45, 7) is 3.56. The maximum Gasteiger partial charge on any atom is 0.0896 e. The molecule has 4 heteroatoms. The first-order valence-corrected chi connectivity index (χ1v) is 5.56. The third-order valence-corrected chi connectivity index (χ3v) is 3.37. The van der Waals surface area contributed by atoms with Gasteiger partial charge in [-0.1, -0.05) is 6.07 Å². The van der Waals surface area contributed by atoms with E-state index in [1.54, 1.807) is 6.20 Å². The van der Waals surface area contributed by atoms with Gasteiger partial charge in [-0.25, -0.2) is 0 Å². The number of aromatic nitrogens is 1. The molecular weight excluding hydrogens is 204 g/mol. The molecule has 3 N–H and O–H groups in total. The number of ether oxygens (including phenoxy) is 1. The van der Waals surface area contributed by atoms with Gasteiger partial charge in [0, 0.05) is 30.5 Å². The van der Waals surface area contributed by atoms with Gasteiger partial charge in [-0.05, 0) is 25.0 Å². The minimum absolute atomic E-state index is 0.336. The van der Waals surface area contributed by atoms with E-state index in [-0.39, 0.29) is 5.41 Å². The minimum Gasteiger partial charge on any atom is -0.388 e. The number of aliphatic hydroxyl groups excluding tert-OH is 1. The van der Waals surface area contributed by atoms with Gasteiger partial charge >= 0.3 is 0 Å². The molecule has 2 rings (SSSR count). The van der Waals surface area contributed by atoms with Crippen LogP contribution in [-0.2, 0) is 4.74 Å². The number of nitrogens with two attached hydrogens (primary N) is 1. The van der Waals surface area contributed by atoms with E-state index in [1.807, 2.05) is 19.1 Å². The summed E-state index contributed by atoms with van der Waals surface area (Å²) in [5, 5.41) is 10.4. The SMILES string of the molecule is Cc1ccc(C(O)C2(CN)CCOC2)cn1. The standard InChI is InChI=1S/C12H18N2O2/c1-9-2-3-10(6-14-9)11(15)12(7-13)4-5-16-8-12/h2-3,6,11,15H,4-5,7-8,13H2,1H3. The Balaban J connectivity index is 2.23. The molecule has 2 atom stereocenters. The predicted molar refractivity (Wildman–Crippen MR) is 60.9 cm³/mol. The molecular formula is C12H18N2O2. The number of aliphatic hydroxyl groups is 1. The second kappa shape index (κ2) is 4.49. The number of aryl methyl sites for hydroxylation is 1. The number of rotatable bonds is 3. The van der Waals surface area contributed by atoms with Crippen molar-refractivity contribution < 1.29 is 9.84 Å². The first kappa shape index (κ1) is 11.5. The van der Waals surface area contributed by atoms with Crippen molar-refractivity contribution in [1.29, 1.82) is 0 Å². The van der Waals surface area contributed by atoms with Crippen LogP contribution in [-0.4, -0.2) is 29.8 Å². The molecule has 2 unspecified atom stereocenters. The van der Waals surface area contributed by atoms with E-state index in [9.17, 15) is 5.11 Å². The molecule has 1 fully saturated rings. The Morgan fingerprint density at radius 2 is 2.44 bits per heavy atom. The van der Waals surface area contributed by atoms with Gasteiger partial charge in [0.1, 0.15) is 0 Å².